The lowest BCUT2D eigenvalue weighted by Crippen LogP contribution is -2.59. The molecule has 154 valence electrons. The van der Waals surface area contributed by atoms with Crippen molar-refractivity contribution in [3.05, 3.63) is 24.5 Å². The second kappa shape index (κ2) is 8.74. The van der Waals surface area contributed by atoms with Gasteiger partial charge < -0.3 is 19.3 Å². The highest BCUT2D eigenvalue weighted by Gasteiger charge is 2.33. The number of morpholine rings is 1. The first-order valence-electron chi connectivity index (χ1n) is 9.65. The summed E-state index contributed by atoms with van der Waals surface area (Å²) in [5.74, 6) is 0. The average molecular weight is 391 g/mol. The van der Waals surface area contributed by atoms with Gasteiger partial charge in [-0.05, 0) is 32.9 Å². The highest BCUT2D eigenvalue weighted by atomic mass is 16.6. The van der Waals surface area contributed by atoms with Crippen molar-refractivity contribution in [2.75, 3.05) is 57.5 Å². The van der Waals surface area contributed by atoms with Gasteiger partial charge in [-0.1, -0.05) is 0 Å². The Labute approximate surface area is 165 Å². The van der Waals surface area contributed by atoms with Crippen LogP contribution in [0.25, 0.3) is 0 Å². The van der Waals surface area contributed by atoms with E-state index in [-0.39, 0.29) is 12.1 Å². The van der Waals surface area contributed by atoms with Gasteiger partial charge in [-0.2, -0.15) is 0 Å². The Hall–Kier alpha value is -2.39. The monoisotopic (exact) mass is 391 g/mol. The maximum atomic E-state index is 13.3. The van der Waals surface area contributed by atoms with Crippen LogP contribution >= 0.6 is 0 Å². The Bertz CT molecular complexity index is 665. The third-order valence-corrected chi connectivity index (χ3v) is 4.54. The summed E-state index contributed by atoms with van der Waals surface area (Å²) in [5, 5.41) is 3.67. The normalized spacial score (nSPS) is 18.7. The van der Waals surface area contributed by atoms with E-state index in [1.165, 1.54) is 0 Å². The summed E-state index contributed by atoms with van der Waals surface area (Å²) >= 11 is 0. The molecule has 3 amide bonds. The van der Waals surface area contributed by atoms with Gasteiger partial charge in [0.15, 0.2) is 0 Å². The molecule has 1 aromatic heterocycles. The number of carbonyl (C=O) groups excluding carboxylic acids is 2. The number of aromatic nitrogens is 1. The first kappa shape index (κ1) is 20.3. The number of nitrogens with zero attached hydrogens (tertiary/aromatic N) is 5. The maximum Gasteiger partial charge on any atom is 0.410 e. The van der Waals surface area contributed by atoms with E-state index < -0.39 is 5.60 Å². The molecule has 2 saturated heterocycles. The fourth-order valence-electron chi connectivity index (χ4n) is 3.17. The molecule has 0 radical (unpaired) electrons. The molecule has 0 bridgehead atoms. The van der Waals surface area contributed by atoms with E-state index in [9.17, 15) is 9.59 Å². The van der Waals surface area contributed by atoms with Crippen molar-refractivity contribution in [3.63, 3.8) is 0 Å². The van der Waals surface area contributed by atoms with Crippen LogP contribution < -0.4 is 5.01 Å². The van der Waals surface area contributed by atoms with Crippen molar-refractivity contribution in [3.8, 4) is 0 Å². The number of anilines is 1. The van der Waals surface area contributed by atoms with Crippen LogP contribution in [-0.2, 0) is 9.47 Å². The second-order valence-corrected chi connectivity index (χ2v) is 7.83. The number of ether oxygens (including phenoxy) is 2. The molecule has 3 rings (SSSR count). The van der Waals surface area contributed by atoms with Gasteiger partial charge in [-0.25, -0.2) is 19.6 Å². The maximum absolute atomic E-state index is 13.3. The molecule has 0 aromatic carbocycles. The van der Waals surface area contributed by atoms with E-state index in [1.807, 2.05) is 37.9 Å². The number of piperazine rings is 1. The van der Waals surface area contributed by atoms with Crippen molar-refractivity contribution in [1.82, 2.24) is 19.8 Å². The lowest BCUT2D eigenvalue weighted by molar-refractivity contribution is 0.0147. The SMILES string of the molecule is CC(C)(C)OC(=O)N1CCN(C(=O)N(c2cccnc2)N2CCOCC2)CC1. The van der Waals surface area contributed by atoms with Crippen LogP contribution in [0, 0.1) is 0 Å². The molecule has 9 heteroatoms. The molecule has 28 heavy (non-hydrogen) atoms. The minimum absolute atomic E-state index is 0.112. The molecule has 0 atom stereocenters. The Morgan fingerprint density at radius 2 is 1.71 bits per heavy atom. The van der Waals surface area contributed by atoms with E-state index in [2.05, 4.69) is 4.98 Å². The number of hydrogen-bond donors (Lipinski definition) is 0. The van der Waals surface area contributed by atoms with Gasteiger partial charge >= 0.3 is 12.1 Å². The van der Waals surface area contributed by atoms with E-state index in [0.717, 1.165) is 5.69 Å². The van der Waals surface area contributed by atoms with Crippen LogP contribution in [0.3, 0.4) is 0 Å². The molecular weight excluding hydrogens is 362 g/mol. The van der Waals surface area contributed by atoms with Gasteiger partial charge in [0.2, 0.25) is 0 Å². The molecule has 3 heterocycles. The topological polar surface area (TPSA) is 78.5 Å². The third-order valence-electron chi connectivity index (χ3n) is 4.54. The lowest BCUT2D eigenvalue weighted by Gasteiger charge is -2.42. The minimum Gasteiger partial charge on any atom is -0.444 e. The molecule has 0 aliphatic carbocycles. The van der Waals surface area contributed by atoms with Crippen molar-refractivity contribution >= 4 is 17.8 Å². The second-order valence-electron chi connectivity index (χ2n) is 7.83. The van der Waals surface area contributed by atoms with Crippen molar-refractivity contribution in [1.29, 1.82) is 0 Å². The Morgan fingerprint density at radius 3 is 2.29 bits per heavy atom. The van der Waals surface area contributed by atoms with Crippen LogP contribution in [0.2, 0.25) is 0 Å². The van der Waals surface area contributed by atoms with Gasteiger partial charge in [0, 0.05) is 45.5 Å². The number of hydrogen-bond acceptors (Lipinski definition) is 6. The summed E-state index contributed by atoms with van der Waals surface area (Å²) in [6.45, 7) is 9.79. The quantitative estimate of drug-likeness (QED) is 0.765. The Balaban J connectivity index is 1.66. The Kier molecular flexibility index (Phi) is 6.35. The van der Waals surface area contributed by atoms with Crippen LogP contribution in [0.4, 0.5) is 15.3 Å². The Morgan fingerprint density at radius 1 is 1.07 bits per heavy atom. The molecule has 0 N–H and O–H groups in total. The minimum atomic E-state index is -0.530. The fraction of sp³-hybridized carbons (Fsp3) is 0.632. The molecule has 9 nitrogen and oxygen atoms in total. The highest BCUT2D eigenvalue weighted by molar-refractivity contribution is 5.91. The van der Waals surface area contributed by atoms with E-state index in [0.29, 0.717) is 52.5 Å². The average Bonchev–Trinajstić information content (AvgIpc) is 2.68. The van der Waals surface area contributed by atoms with Crippen molar-refractivity contribution in [2.24, 2.45) is 0 Å². The van der Waals surface area contributed by atoms with Crippen LogP contribution in [-0.4, -0.2) is 90.0 Å². The largest absolute Gasteiger partial charge is 0.444 e. The predicted octanol–water partition coefficient (Wildman–Crippen LogP) is 1.81. The van der Waals surface area contributed by atoms with Crippen LogP contribution in [0.5, 0.6) is 0 Å². The standard InChI is InChI=1S/C19H29N5O4/c1-19(2,3)28-18(26)22-9-7-21(8-10-22)17(25)24(16-5-4-6-20-15-16)23-11-13-27-14-12-23/h4-6,15H,7-14H2,1-3H3. The molecule has 2 fully saturated rings. The number of rotatable bonds is 2. The number of pyridine rings is 1. The zero-order chi connectivity index (χ0) is 20.1. The van der Waals surface area contributed by atoms with E-state index >= 15 is 0 Å². The summed E-state index contributed by atoms with van der Waals surface area (Å²) in [6, 6.07) is 3.58. The number of urea groups is 1. The number of hydrazine groups is 1. The predicted molar refractivity (Wildman–Crippen MR) is 104 cm³/mol. The van der Waals surface area contributed by atoms with E-state index in [1.54, 1.807) is 27.2 Å². The molecule has 0 spiro atoms. The molecular formula is C19H29N5O4. The van der Waals surface area contributed by atoms with Gasteiger partial charge in [0.1, 0.15) is 5.60 Å². The van der Waals surface area contributed by atoms with Gasteiger partial charge in [0.05, 0.1) is 25.1 Å². The lowest BCUT2D eigenvalue weighted by atomic mass is 10.2. The molecule has 2 aliphatic rings. The van der Waals surface area contributed by atoms with Crippen molar-refractivity contribution in [2.45, 2.75) is 26.4 Å². The third kappa shape index (κ3) is 5.11. The van der Waals surface area contributed by atoms with Crippen molar-refractivity contribution < 1.29 is 19.1 Å². The molecule has 0 saturated carbocycles. The van der Waals surface area contributed by atoms with E-state index in [4.69, 9.17) is 9.47 Å². The van der Waals surface area contributed by atoms with Crippen LogP contribution in [0.15, 0.2) is 24.5 Å². The van der Waals surface area contributed by atoms with Gasteiger partial charge in [0.25, 0.3) is 0 Å². The number of carbonyl (C=O) groups is 2. The first-order chi connectivity index (χ1) is 13.3. The summed E-state index contributed by atoms with van der Waals surface area (Å²) in [5.41, 5.74) is 0.196. The molecule has 2 aliphatic heterocycles. The zero-order valence-electron chi connectivity index (χ0n) is 16.8. The zero-order valence-corrected chi connectivity index (χ0v) is 16.8. The summed E-state index contributed by atoms with van der Waals surface area (Å²) in [4.78, 5) is 33.1. The fourth-order valence-corrected chi connectivity index (χ4v) is 3.17. The highest BCUT2D eigenvalue weighted by Crippen LogP contribution is 2.20. The molecule has 1 aromatic rings. The first-order valence-corrected chi connectivity index (χ1v) is 9.65. The number of amides is 3. The summed E-state index contributed by atoms with van der Waals surface area (Å²) in [6.07, 6.45) is 3.03. The van der Waals surface area contributed by atoms with Crippen LogP contribution in [0.1, 0.15) is 20.8 Å². The van der Waals surface area contributed by atoms with Gasteiger partial charge in [-0.3, -0.25) is 4.98 Å². The molecule has 0 unspecified atom stereocenters. The van der Waals surface area contributed by atoms with Gasteiger partial charge in [-0.15, -0.1) is 0 Å². The summed E-state index contributed by atoms with van der Waals surface area (Å²) < 4.78 is 10.9. The summed E-state index contributed by atoms with van der Waals surface area (Å²) in [7, 11) is 0. The smallest absolute Gasteiger partial charge is 0.410 e.